The second kappa shape index (κ2) is 6.54. The highest BCUT2D eigenvalue weighted by Gasteiger charge is 2.25. The molecule has 4 nitrogen and oxygen atoms in total. The minimum Gasteiger partial charge on any atom is -0.424 e. The molecule has 0 saturated heterocycles. The van der Waals surface area contributed by atoms with Gasteiger partial charge in [-0.15, -0.1) is 0 Å². The maximum atomic E-state index is 12.0. The van der Waals surface area contributed by atoms with Crippen LogP contribution < -0.4 is 10.1 Å². The van der Waals surface area contributed by atoms with E-state index in [-0.39, 0.29) is 11.8 Å². The predicted molar refractivity (Wildman–Crippen MR) is 72.2 cm³/mol. The molecule has 98 valence electrons. The van der Waals surface area contributed by atoms with E-state index in [9.17, 15) is 9.59 Å². The summed E-state index contributed by atoms with van der Waals surface area (Å²) in [6.45, 7) is 5.07. The van der Waals surface area contributed by atoms with Crippen molar-refractivity contribution < 1.29 is 14.3 Å². The Labute approximate surface area is 115 Å². The van der Waals surface area contributed by atoms with Gasteiger partial charge in [0.25, 0.3) is 0 Å². The molecule has 0 aliphatic rings. The van der Waals surface area contributed by atoms with Gasteiger partial charge in [-0.25, -0.2) is 4.79 Å². The molecule has 0 radical (unpaired) electrons. The van der Waals surface area contributed by atoms with E-state index < -0.39 is 12.0 Å². The van der Waals surface area contributed by atoms with Gasteiger partial charge in [0, 0.05) is 6.92 Å². The lowest BCUT2D eigenvalue weighted by molar-refractivity contribution is -0.140. The van der Waals surface area contributed by atoms with Gasteiger partial charge in [-0.05, 0) is 34.0 Å². The number of esters is 1. The van der Waals surface area contributed by atoms with Crippen LogP contribution >= 0.6 is 15.9 Å². The average molecular weight is 314 g/mol. The SMILES string of the molecule is CC(=O)N[C@H](C(=O)Oc1ccccc1Br)C(C)C. The quantitative estimate of drug-likeness (QED) is 0.686. The summed E-state index contributed by atoms with van der Waals surface area (Å²) in [6.07, 6.45) is 0. The minimum atomic E-state index is -0.644. The van der Waals surface area contributed by atoms with E-state index in [1.54, 1.807) is 18.2 Å². The topological polar surface area (TPSA) is 55.4 Å². The molecule has 1 N–H and O–H groups in total. The molecule has 0 aliphatic heterocycles. The molecule has 0 bridgehead atoms. The van der Waals surface area contributed by atoms with E-state index >= 15 is 0 Å². The van der Waals surface area contributed by atoms with Gasteiger partial charge in [0.1, 0.15) is 11.8 Å². The number of benzene rings is 1. The molecule has 0 unspecified atom stereocenters. The van der Waals surface area contributed by atoms with Crippen molar-refractivity contribution in [2.24, 2.45) is 5.92 Å². The molecular formula is C13H16BrNO3. The molecule has 1 aromatic carbocycles. The zero-order chi connectivity index (χ0) is 13.7. The average Bonchev–Trinajstić information content (AvgIpc) is 2.28. The molecular weight excluding hydrogens is 298 g/mol. The van der Waals surface area contributed by atoms with Crippen LogP contribution in [0.5, 0.6) is 5.75 Å². The van der Waals surface area contributed by atoms with Gasteiger partial charge in [-0.2, -0.15) is 0 Å². The Morgan fingerprint density at radius 3 is 2.39 bits per heavy atom. The van der Waals surface area contributed by atoms with Crippen molar-refractivity contribution in [2.75, 3.05) is 0 Å². The zero-order valence-electron chi connectivity index (χ0n) is 10.6. The molecule has 0 spiro atoms. The fraction of sp³-hybridized carbons (Fsp3) is 0.385. The first-order valence-corrected chi connectivity index (χ1v) is 6.44. The lowest BCUT2D eigenvalue weighted by atomic mass is 10.0. The van der Waals surface area contributed by atoms with Crippen molar-refractivity contribution in [3.8, 4) is 5.75 Å². The Hall–Kier alpha value is -1.36. The van der Waals surface area contributed by atoms with Gasteiger partial charge >= 0.3 is 5.97 Å². The molecule has 1 aromatic rings. The molecule has 5 heteroatoms. The highest BCUT2D eigenvalue weighted by Crippen LogP contribution is 2.24. The van der Waals surface area contributed by atoms with Gasteiger partial charge in [-0.3, -0.25) is 4.79 Å². The van der Waals surface area contributed by atoms with Crippen molar-refractivity contribution in [3.63, 3.8) is 0 Å². The molecule has 0 fully saturated rings. The molecule has 1 rings (SSSR count). The first-order chi connectivity index (χ1) is 8.41. The number of halogens is 1. The maximum absolute atomic E-state index is 12.0. The number of ether oxygens (including phenoxy) is 1. The third kappa shape index (κ3) is 4.14. The van der Waals surface area contributed by atoms with Crippen LogP contribution in [0, 0.1) is 5.92 Å². The number of nitrogens with one attached hydrogen (secondary N) is 1. The molecule has 1 amide bonds. The van der Waals surface area contributed by atoms with Crippen molar-refractivity contribution >= 4 is 27.8 Å². The summed E-state index contributed by atoms with van der Waals surface area (Å²) in [4.78, 5) is 23.0. The monoisotopic (exact) mass is 313 g/mol. The molecule has 0 aliphatic carbocycles. The van der Waals surface area contributed by atoms with Gasteiger partial charge < -0.3 is 10.1 Å². The number of rotatable bonds is 4. The Bertz CT molecular complexity index is 446. The van der Waals surface area contributed by atoms with Crippen molar-refractivity contribution in [1.29, 1.82) is 0 Å². The lowest BCUT2D eigenvalue weighted by Gasteiger charge is -2.20. The van der Waals surface area contributed by atoms with E-state index in [1.165, 1.54) is 6.92 Å². The first-order valence-electron chi connectivity index (χ1n) is 5.65. The van der Waals surface area contributed by atoms with Crippen LogP contribution in [0.15, 0.2) is 28.7 Å². The maximum Gasteiger partial charge on any atom is 0.334 e. The first kappa shape index (κ1) is 14.7. The molecule has 1 atom stereocenters. The number of carbonyl (C=O) groups is 2. The Morgan fingerprint density at radius 2 is 1.89 bits per heavy atom. The fourth-order valence-corrected chi connectivity index (χ4v) is 1.78. The zero-order valence-corrected chi connectivity index (χ0v) is 12.2. The van der Waals surface area contributed by atoms with Gasteiger partial charge in [0.2, 0.25) is 5.91 Å². The summed E-state index contributed by atoms with van der Waals surface area (Å²) < 4.78 is 5.97. The normalized spacial score (nSPS) is 12.1. The lowest BCUT2D eigenvalue weighted by Crippen LogP contribution is -2.45. The minimum absolute atomic E-state index is 0.0381. The predicted octanol–water partition coefficient (Wildman–Crippen LogP) is 2.52. The number of hydrogen-bond donors (Lipinski definition) is 1. The van der Waals surface area contributed by atoms with E-state index in [0.717, 1.165) is 0 Å². The van der Waals surface area contributed by atoms with Gasteiger partial charge in [0.05, 0.1) is 4.47 Å². The van der Waals surface area contributed by atoms with Crippen molar-refractivity contribution in [2.45, 2.75) is 26.8 Å². The molecule has 0 aromatic heterocycles. The smallest absolute Gasteiger partial charge is 0.334 e. The summed E-state index contributed by atoms with van der Waals surface area (Å²) in [5.41, 5.74) is 0. The van der Waals surface area contributed by atoms with Crippen molar-refractivity contribution in [3.05, 3.63) is 28.7 Å². The Balaban J connectivity index is 2.79. The molecule has 0 saturated carbocycles. The van der Waals surface area contributed by atoms with E-state index in [4.69, 9.17) is 4.74 Å². The standard InChI is InChI=1S/C13H16BrNO3/c1-8(2)12(15-9(3)16)13(17)18-11-7-5-4-6-10(11)14/h4-8,12H,1-3H3,(H,15,16)/t12-/m0/s1. The summed E-state index contributed by atoms with van der Waals surface area (Å²) in [5, 5.41) is 2.59. The van der Waals surface area contributed by atoms with Gasteiger partial charge in [0.15, 0.2) is 0 Å². The Morgan fingerprint density at radius 1 is 1.28 bits per heavy atom. The fourth-order valence-electron chi connectivity index (χ4n) is 1.42. The highest BCUT2D eigenvalue weighted by molar-refractivity contribution is 9.10. The van der Waals surface area contributed by atoms with Gasteiger partial charge in [-0.1, -0.05) is 26.0 Å². The number of para-hydroxylation sites is 1. The largest absolute Gasteiger partial charge is 0.424 e. The van der Waals surface area contributed by atoms with Crippen LogP contribution in [-0.2, 0) is 9.59 Å². The number of amides is 1. The number of carbonyl (C=O) groups excluding carboxylic acids is 2. The van der Waals surface area contributed by atoms with E-state index in [1.807, 2.05) is 19.9 Å². The summed E-state index contributed by atoms with van der Waals surface area (Å²) in [6, 6.07) is 6.43. The summed E-state index contributed by atoms with van der Waals surface area (Å²) in [7, 11) is 0. The third-order valence-corrected chi connectivity index (χ3v) is 2.98. The second-order valence-corrected chi connectivity index (χ2v) is 5.13. The second-order valence-electron chi connectivity index (χ2n) is 4.27. The summed E-state index contributed by atoms with van der Waals surface area (Å²) >= 11 is 3.30. The van der Waals surface area contributed by atoms with Crippen molar-refractivity contribution in [1.82, 2.24) is 5.32 Å². The number of hydrogen-bond acceptors (Lipinski definition) is 3. The van der Waals surface area contributed by atoms with Crippen LogP contribution in [0.2, 0.25) is 0 Å². The van der Waals surface area contributed by atoms with E-state index in [0.29, 0.717) is 10.2 Å². The molecule has 0 heterocycles. The summed E-state index contributed by atoms with van der Waals surface area (Å²) in [5.74, 6) is -0.313. The van der Waals surface area contributed by atoms with Crippen LogP contribution in [-0.4, -0.2) is 17.9 Å². The van der Waals surface area contributed by atoms with Crippen LogP contribution in [0.25, 0.3) is 0 Å². The third-order valence-electron chi connectivity index (χ3n) is 2.33. The van der Waals surface area contributed by atoms with Crippen LogP contribution in [0.1, 0.15) is 20.8 Å². The van der Waals surface area contributed by atoms with Crippen LogP contribution in [0.4, 0.5) is 0 Å². The van der Waals surface area contributed by atoms with Crippen LogP contribution in [0.3, 0.4) is 0 Å². The highest BCUT2D eigenvalue weighted by atomic mass is 79.9. The van der Waals surface area contributed by atoms with E-state index in [2.05, 4.69) is 21.2 Å². The molecule has 18 heavy (non-hydrogen) atoms. The Kier molecular flexibility index (Phi) is 5.34.